The Morgan fingerprint density at radius 1 is 1.39 bits per heavy atom. The fraction of sp³-hybridized carbons (Fsp3) is 0.273. The highest BCUT2D eigenvalue weighted by Crippen LogP contribution is 2.38. The molecule has 1 aliphatic rings. The normalized spacial score (nSPS) is 19.3. The first-order valence-electron chi connectivity index (χ1n) is 5.18. The number of nitrogens with two attached hydrogens (primary N) is 1. The van der Waals surface area contributed by atoms with Crippen LogP contribution in [-0.2, 0) is 9.59 Å². The second-order valence-corrected chi connectivity index (χ2v) is 5.77. The van der Waals surface area contributed by atoms with Crippen LogP contribution >= 0.6 is 31.9 Å². The number of aromatic hydroxyl groups is 1. The van der Waals surface area contributed by atoms with E-state index in [9.17, 15) is 14.7 Å². The van der Waals surface area contributed by atoms with E-state index in [1.165, 1.54) is 4.90 Å². The van der Waals surface area contributed by atoms with Crippen molar-refractivity contribution in [2.24, 2.45) is 11.7 Å². The maximum Gasteiger partial charge on any atom is 0.227 e. The summed E-state index contributed by atoms with van der Waals surface area (Å²) in [7, 11) is 0. The topological polar surface area (TPSA) is 83.6 Å². The third kappa shape index (κ3) is 2.37. The predicted molar refractivity (Wildman–Crippen MR) is 73.2 cm³/mol. The third-order valence-electron chi connectivity index (χ3n) is 2.84. The molecule has 2 amide bonds. The van der Waals surface area contributed by atoms with Crippen molar-refractivity contribution in [3.8, 4) is 5.75 Å². The van der Waals surface area contributed by atoms with Gasteiger partial charge in [-0.1, -0.05) is 0 Å². The number of anilines is 1. The smallest absolute Gasteiger partial charge is 0.227 e. The third-order valence-corrected chi connectivity index (χ3v) is 4.05. The van der Waals surface area contributed by atoms with E-state index in [0.29, 0.717) is 14.6 Å². The van der Waals surface area contributed by atoms with Crippen LogP contribution in [0.5, 0.6) is 5.75 Å². The van der Waals surface area contributed by atoms with Crippen molar-refractivity contribution in [3.63, 3.8) is 0 Å². The Morgan fingerprint density at radius 2 is 1.94 bits per heavy atom. The summed E-state index contributed by atoms with van der Waals surface area (Å²) in [6, 6.07) is 3.25. The number of halogens is 2. The monoisotopic (exact) mass is 376 g/mol. The van der Waals surface area contributed by atoms with Gasteiger partial charge in [-0.15, -0.1) is 0 Å². The number of carbonyl (C=O) groups excluding carboxylic acids is 2. The molecule has 1 aromatic carbocycles. The number of primary amides is 1. The van der Waals surface area contributed by atoms with Crippen LogP contribution in [0.2, 0.25) is 0 Å². The molecular weight excluding hydrogens is 368 g/mol. The number of carbonyl (C=O) groups is 2. The number of hydrogen-bond donors (Lipinski definition) is 2. The molecule has 0 aromatic heterocycles. The molecule has 0 aliphatic carbocycles. The van der Waals surface area contributed by atoms with Gasteiger partial charge < -0.3 is 15.7 Å². The second kappa shape index (κ2) is 4.89. The Hall–Kier alpha value is -1.08. The summed E-state index contributed by atoms with van der Waals surface area (Å²) >= 11 is 6.40. The minimum Gasteiger partial charge on any atom is -0.506 e. The van der Waals surface area contributed by atoms with Gasteiger partial charge in [-0.3, -0.25) is 9.59 Å². The van der Waals surface area contributed by atoms with E-state index in [-0.39, 0.29) is 24.6 Å². The first-order valence-corrected chi connectivity index (χ1v) is 6.76. The van der Waals surface area contributed by atoms with Crippen LogP contribution in [0.1, 0.15) is 6.42 Å². The summed E-state index contributed by atoms with van der Waals surface area (Å²) in [5.41, 5.74) is 5.82. The molecule has 0 unspecified atom stereocenters. The fourth-order valence-corrected chi connectivity index (χ4v) is 3.02. The average molecular weight is 378 g/mol. The Balaban J connectivity index is 2.33. The van der Waals surface area contributed by atoms with E-state index < -0.39 is 11.8 Å². The van der Waals surface area contributed by atoms with Gasteiger partial charge in [0.1, 0.15) is 5.75 Å². The maximum atomic E-state index is 11.8. The summed E-state index contributed by atoms with van der Waals surface area (Å²) in [5, 5.41) is 9.61. The van der Waals surface area contributed by atoms with Gasteiger partial charge in [-0.05, 0) is 44.0 Å². The van der Waals surface area contributed by atoms with Crippen molar-refractivity contribution in [3.05, 3.63) is 21.1 Å². The lowest BCUT2D eigenvalue weighted by Crippen LogP contribution is -2.28. The first kappa shape index (κ1) is 13.4. The van der Waals surface area contributed by atoms with E-state index in [4.69, 9.17) is 5.73 Å². The summed E-state index contributed by atoms with van der Waals surface area (Å²) < 4.78 is 0.949. The van der Waals surface area contributed by atoms with Crippen LogP contribution in [0.3, 0.4) is 0 Å². The number of rotatable bonds is 2. The summed E-state index contributed by atoms with van der Waals surface area (Å²) in [6.45, 7) is 0.276. The zero-order valence-corrected chi connectivity index (χ0v) is 12.4. The number of nitrogens with zero attached hydrogens (tertiary/aromatic N) is 1. The van der Waals surface area contributed by atoms with Gasteiger partial charge in [0.15, 0.2) is 0 Å². The number of amides is 2. The molecule has 0 radical (unpaired) electrons. The quantitative estimate of drug-likeness (QED) is 0.823. The van der Waals surface area contributed by atoms with Gasteiger partial charge in [0, 0.05) is 18.7 Å². The lowest BCUT2D eigenvalue weighted by Gasteiger charge is -2.17. The molecule has 1 heterocycles. The fourth-order valence-electron chi connectivity index (χ4n) is 1.86. The summed E-state index contributed by atoms with van der Waals surface area (Å²) in [6.07, 6.45) is 0.130. The minimum absolute atomic E-state index is 0.0665. The molecule has 1 aromatic rings. The van der Waals surface area contributed by atoms with Gasteiger partial charge in [-0.2, -0.15) is 0 Å². The van der Waals surface area contributed by atoms with Crippen molar-refractivity contribution in [2.45, 2.75) is 6.42 Å². The molecule has 0 saturated carbocycles. The van der Waals surface area contributed by atoms with Crippen molar-refractivity contribution in [2.75, 3.05) is 11.4 Å². The number of benzene rings is 1. The molecule has 96 valence electrons. The highest BCUT2D eigenvalue weighted by molar-refractivity contribution is 9.11. The van der Waals surface area contributed by atoms with E-state index in [0.717, 1.165) is 0 Å². The summed E-state index contributed by atoms with van der Waals surface area (Å²) in [5.74, 6) is -1.01. The SMILES string of the molecule is NC(=O)[C@H]1CC(=O)N(c2cc(Br)c(O)c(Br)c2)C1. The van der Waals surface area contributed by atoms with Crippen LogP contribution in [0.15, 0.2) is 21.1 Å². The molecule has 1 atom stereocenters. The maximum absolute atomic E-state index is 11.8. The van der Waals surface area contributed by atoms with Crippen LogP contribution in [0.4, 0.5) is 5.69 Å². The van der Waals surface area contributed by atoms with Crippen LogP contribution in [0.25, 0.3) is 0 Å². The molecule has 2 rings (SSSR count). The summed E-state index contributed by atoms with van der Waals surface area (Å²) in [4.78, 5) is 24.4. The van der Waals surface area contributed by atoms with Crippen molar-refractivity contribution in [1.82, 2.24) is 0 Å². The Morgan fingerprint density at radius 3 is 2.39 bits per heavy atom. The van der Waals surface area contributed by atoms with Gasteiger partial charge in [0.05, 0.1) is 14.9 Å². The highest BCUT2D eigenvalue weighted by Gasteiger charge is 2.34. The van der Waals surface area contributed by atoms with E-state index in [1.54, 1.807) is 12.1 Å². The largest absolute Gasteiger partial charge is 0.506 e. The molecular formula is C11H10Br2N2O3. The molecule has 3 N–H and O–H groups in total. The van der Waals surface area contributed by atoms with Gasteiger partial charge in [0.25, 0.3) is 0 Å². The van der Waals surface area contributed by atoms with Crippen molar-refractivity contribution >= 4 is 49.4 Å². The van der Waals surface area contributed by atoms with Crippen LogP contribution in [-0.4, -0.2) is 23.5 Å². The average Bonchev–Trinajstić information content (AvgIpc) is 2.68. The van der Waals surface area contributed by atoms with Gasteiger partial charge in [0.2, 0.25) is 11.8 Å². The van der Waals surface area contributed by atoms with Crippen LogP contribution < -0.4 is 10.6 Å². The number of hydrogen-bond acceptors (Lipinski definition) is 3. The first-order chi connectivity index (χ1) is 8.40. The predicted octanol–water partition coefficient (Wildman–Crippen LogP) is 1.76. The molecule has 1 aliphatic heterocycles. The van der Waals surface area contributed by atoms with Gasteiger partial charge >= 0.3 is 0 Å². The minimum atomic E-state index is -0.470. The van der Waals surface area contributed by atoms with Crippen molar-refractivity contribution < 1.29 is 14.7 Å². The Labute approximate surface area is 120 Å². The van der Waals surface area contributed by atoms with E-state index in [2.05, 4.69) is 31.9 Å². The molecule has 7 heteroatoms. The molecule has 1 saturated heterocycles. The Bertz CT molecular complexity index is 510. The van der Waals surface area contributed by atoms with Crippen molar-refractivity contribution in [1.29, 1.82) is 0 Å². The zero-order chi connectivity index (χ0) is 13.4. The molecule has 5 nitrogen and oxygen atoms in total. The number of phenols is 1. The zero-order valence-electron chi connectivity index (χ0n) is 9.19. The molecule has 0 spiro atoms. The van der Waals surface area contributed by atoms with E-state index >= 15 is 0 Å². The standard InChI is InChI=1S/C11H10Br2N2O3/c12-7-2-6(3-8(13)10(7)17)15-4-5(11(14)18)1-9(15)16/h2-3,5,17H,1,4H2,(H2,14,18)/t5-/m0/s1. The Kier molecular flexibility index (Phi) is 3.63. The molecule has 0 bridgehead atoms. The number of phenolic OH excluding ortho intramolecular Hbond substituents is 1. The van der Waals surface area contributed by atoms with E-state index in [1.807, 2.05) is 0 Å². The second-order valence-electron chi connectivity index (χ2n) is 4.07. The van der Waals surface area contributed by atoms with Crippen LogP contribution in [0, 0.1) is 5.92 Å². The highest BCUT2D eigenvalue weighted by atomic mass is 79.9. The lowest BCUT2D eigenvalue weighted by molar-refractivity contribution is -0.123. The lowest BCUT2D eigenvalue weighted by atomic mass is 10.1. The molecule has 18 heavy (non-hydrogen) atoms. The molecule has 1 fully saturated rings. The van der Waals surface area contributed by atoms with Gasteiger partial charge in [-0.25, -0.2) is 0 Å².